The maximum absolute atomic E-state index is 13.2. The molecule has 1 unspecified atom stereocenters. The molecule has 136 valence electrons. The van der Waals surface area contributed by atoms with Crippen molar-refractivity contribution in [2.45, 2.75) is 18.9 Å². The molecule has 2 N–H and O–H groups in total. The lowest BCUT2D eigenvalue weighted by Crippen LogP contribution is -2.31. The Morgan fingerprint density at radius 3 is 2.42 bits per heavy atom. The Bertz CT molecular complexity index is 805. The van der Waals surface area contributed by atoms with Crippen LogP contribution in [0.3, 0.4) is 0 Å². The smallest absolute Gasteiger partial charge is 0.255 e. The topological polar surface area (TPSA) is 67.4 Å². The molecule has 0 saturated carbocycles. The van der Waals surface area contributed by atoms with Gasteiger partial charge in [0.05, 0.1) is 11.1 Å². The number of rotatable bonds is 5. The highest BCUT2D eigenvalue weighted by Crippen LogP contribution is 2.20. The number of halogens is 2. The maximum atomic E-state index is 13.2. The van der Waals surface area contributed by atoms with Crippen LogP contribution in [-0.4, -0.2) is 31.1 Å². The minimum Gasteiger partial charge on any atom is -0.376 e. The summed E-state index contributed by atoms with van der Waals surface area (Å²) in [6.45, 7) is 1.22. The fourth-order valence-corrected chi connectivity index (χ4v) is 2.84. The summed E-state index contributed by atoms with van der Waals surface area (Å²) in [5.41, 5.74) is 1.23. The van der Waals surface area contributed by atoms with Gasteiger partial charge < -0.3 is 15.4 Å². The summed E-state index contributed by atoms with van der Waals surface area (Å²) in [4.78, 5) is 24.4. The third-order valence-corrected chi connectivity index (χ3v) is 4.39. The molecule has 1 aliphatic heterocycles. The number of carbonyl (C=O) groups is 2. The van der Waals surface area contributed by atoms with E-state index in [1.165, 1.54) is 18.2 Å². The molecule has 0 aromatic heterocycles. The van der Waals surface area contributed by atoms with E-state index < -0.39 is 5.82 Å². The molecule has 2 aromatic rings. The summed E-state index contributed by atoms with van der Waals surface area (Å²) in [6.07, 6.45) is 2.04. The van der Waals surface area contributed by atoms with Crippen molar-refractivity contribution in [1.82, 2.24) is 5.32 Å². The van der Waals surface area contributed by atoms with Gasteiger partial charge in [-0.15, -0.1) is 0 Å². The summed E-state index contributed by atoms with van der Waals surface area (Å²) in [6, 6.07) is 10.2. The Morgan fingerprint density at radius 1 is 1.12 bits per heavy atom. The third-order valence-electron chi connectivity index (χ3n) is 4.10. The van der Waals surface area contributed by atoms with Crippen molar-refractivity contribution in [3.8, 4) is 0 Å². The molecule has 1 fully saturated rings. The summed E-state index contributed by atoms with van der Waals surface area (Å²) in [5, 5.41) is 5.39. The zero-order chi connectivity index (χ0) is 18.5. The van der Waals surface area contributed by atoms with Crippen LogP contribution >= 0.6 is 11.6 Å². The largest absolute Gasteiger partial charge is 0.376 e. The van der Waals surface area contributed by atoms with Crippen LogP contribution in [0.25, 0.3) is 0 Å². The molecule has 3 rings (SSSR count). The molecule has 26 heavy (non-hydrogen) atoms. The summed E-state index contributed by atoms with van der Waals surface area (Å²) in [5.74, 6) is -1.14. The molecule has 2 amide bonds. The number of benzene rings is 2. The number of hydrogen-bond acceptors (Lipinski definition) is 3. The van der Waals surface area contributed by atoms with Crippen LogP contribution in [0.1, 0.15) is 33.6 Å². The van der Waals surface area contributed by atoms with Gasteiger partial charge in [0.1, 0.15) is 5.82 Å². The third kappa shape index (κ3) is 4.59. The number of amides is 2. The van der Waals surface area contributed by atoms with Gasteiger partial charge in [0.25, 0.3) is 11.8 Å². The standard InChI is InChI=1S/C19H18ClFN2O3/c20-16-10-14(7-8-17(16)21)23-19(25)13-5-3-12(4-6-13)18(24)22-11-15-2-1-9-26-15/h3-8,10,15H,1-2,9,11H2,(H,22,24)(H,23,25). The van der Waals surface area contributed by atoms with Crippen LogP contribution in [0, 0.1) is 5.82 Å². The van der Waals surface area contributed by atoms with E-state index in [9.17, 15) is 14.0 Å². The van der Waals surface area contributed by atoms with Crippen molar-refractivity contribution in [3.63, 3.8) is 0 Å². The summed E-state index contributed by atoms with van der Waals surface area (Å²) >= 11 is 5.70. The van der Waals surface area contributed by atoms with Crippen molar-refractivity contribution < 1.29 is 18.7 Å². The van der Waals surface area contributed by atoms with Gasteiger partial charge in [-0.05, 0) is 55.3 Å². The molecule has 0 bridgehead atoms. The number of ether oxygens (including phenoxy) is 1. The first kappa shape index (κ1) is 18.4. The molecule has 0 spiro atoms. The quantitative estimate of drug-likeness (QED) is 0.837. The minimum absolute atomic E-state index is 0.0685. The molecular formula is C19H18ClFN2O3. The fourth-order valence-electron chi connectivity index (χ4n) is 2.66. The van der Waals surface area contributed by atoms with E-state index >= 15 is 0 Å². The van der Waals surface area contributed by atoms with E-state index in [1.807, 2.05) is 0 Å². The van der Waals surface area contributed by atoms with Gasteiger partial charge in [0.2, 0.25) is 0 Å². The molecule has 5 nitrogen and oxygen atoms in total. The van der Waals surface area contributed by atoms with Crippen LogP contribution in [0.4, 0.5) is 10.1 Å². The lowest BCUT2D eigenvalue weighted by Gasteiger charge is -2.11. The lowest BCUT2D eigenvalue weighted by atomic mass is 10.1. The summed E-state index contributed by atoms with van der Waals surface area (Å²) < 4.78 is 18.6. The molecule has 1 atom stereocenters. The van der Waals surface area contributed by atoms with Crippen LogP contribution < -0.4 is 10.6 Å². The van der Waals surface area contributed by atoms with Gasteiger partial charge in [-0.25, -0.2) is 4.39 Å². The van der Waals surface area contributed by atoms with Crippen LogP contribution in [-0.2, 0) is 4.74 Å². The van der Waals surface area contributed by atoms with E-state index in [4.69, 9.17) is 16.3 Å². The van der Waals surface area contributed by atoms with Crippen molar-refractivity contribution in [2.75, 3.05) is 18.5 Å². The first-order valence-corrected chi connectivity index (χ1v) is 8.67. The minimum atomic E-state index is -0.553. The average molecular weight is 377 g/mol. The van der Waals surface area contributed by atoms with E-state index in [0.717, 1.165) is 19.4 Å². The van der Waals surface area contributed by atoms with Gasteiger partial charge in [-0.3, -0.25) is 9.59 Å². The fraction of sp³-hybridized carbons (Fsp3) is 0.263. The molecule has 2 aromatic carbocycles. The highest BCUT2D eigenvalue weighted by Gasteiger charge is 2.17. The van der Waals surface area contributed by atoms with Gasteiger partial charge in [0, 0.05) is 30.0 Å². The van der Waals surface area contributed by atoms with Crippen molar-refractivity contribution in [1.29, 1.82) is 0 Å². The predicted molar refractivity (Wildman–Crippen MR) is 97.1 cm³/mol. The Hall–Kier alpha value is -2.44. The molecule has 0 aliphatic carbocycles. The summed E-state index contributed by atoms with van der Waals surface area (Å²) in [7, 11) is 0. The van der Waals surface area contributed by atoms with Gasteiger partial charge >= 0.3 is 0 Å². The molecule has 0 radical (unpaired) electrons. The zero-order valence-corrected chi connectivity index (χ0v) is 14.7. The predicted octanol–water partition coefficient (Wildman–Crippen LogP) is 3.64. The number of carbonyl (C=O) groups excluding carboxylic acids is 2. The van der Waals surface area contributed by atoms with E-state index in [0.29, 0.717) is 23.4 Å². The van der Waals surface area contributed by atoms with Gasteiger partial charge in [-0.2, -0.15) is 0 Å². The van der Waals surface area contributed by atoms with E-state index in [2.05, 4.69) is 10.6 Å². The first-order valence-electron chi connectivity index (χ1n) is 8.29. The highest BCUT2D eigenvalue weighted by atomic mass is 35.5. The molecule has 7 heteroatoms. The number of nitrogens with one attached hydrogen (secondary N) is 2. The van der Waals surface area contributed by atoms with Gasteiger partial charge in [0.15, 0.2) is 0 Å². The van der Waals surface area contributed by atoms with E-state index in [1.54, 1.807) is 24.3 Å². The Morgan fingerprint density at radius 2 is 1.81 bits per heavy atom. The second-order valence-electron chi connectivity index (χ2n) is 6.01. The van der Waals surface area contributed by atoms with E-state index in [-0.39, 0.29) is 22.9 Å². The Kier molecular flexibility index (Phi) is 5.85. The first-order chi connectivity index (χ1) is 12.5. The normalized spacial score (nSPS) is 16.3. The monoisotopic (exact) mass is 376 g/mol. The van der Waals surface area contributed by atoms with Crippen molar-refractivity contribution in [3.05, 3.63) is 64.4 Å². The average Bonchev–Trinajstić information content (AvgIpc) is 3.16. The zero-order valence-electron chi connectivity index (χ0n) is 13.9. The number of hydrogen-bond donors (Lipinski definition) is 2. The second kappa shape index (κ2) is 8.29. The molecule has 1 aliphatic rings. The second-order valence-corrected chi connectivity index (χ2v) is 6.41. The highest BCUT2D eigenvalue weighted by molar-refractivity contribution is 6.31. The molecule has 1 saturated heterocycles. The van der Waals surface area contributed by atoms with Gasteiger partial charge in [-0.1, -0.05) is 11.6 Å². The Labute approximate surface area is 155 Å². The van der Waals surface area contributed by atoms with Crippen molar-refractivity contribution >= 4 is 29.1 Å². The molecule has 1 heterocycles. The maximum Gasteiger partial charge on any atom is 0.255 e. The molecular weight excluding hydrogens is 359 g/mol. The Balaban J connectivity index is 1.58. The SMILES string of the molecule is O=C(NCC1CCCO1)c1ccc(C(=O)Nc2ccc(F)c(Cl)c2)cc1. The van der Waals surface area contributed by atoms with Crippen LogP contribution in [0.15, 0.2) is 42.5 Å². The van der Waals surface area contributed by atoms with Crippen LogP contribution in [0.2, 0.25) is 5.02 Å². The van der Waals surface area contributed by atoms with Crippen molar-refractivity contribution in [2.24, 2.45) is 0 Å². The number of anilines is 1. The lowest BCUT2D eigenvalue weighted by molar-refractivity contribution is 0.0857. The van der Waals surface area contributed by atoms with Crippen LogP contribution in [0.5, 0.6) is 0 Å².